The normalized spacial score (nSPS) is 15.2. The van der Waals surface area contributed by atoms with Crippen LogP contribution in [-0.2, 0) is 11.3 Å². The Hall–Kier alpha value is -2.37. The maximum Gasteiger partial charge on any atom is 0.490 e. The van der Waals surface area contributed by atoms with Crippen molar-refractivity contribution in [1.82, 2.24) is 20.4 Å². The summed E-state index contributed by atoms with van der Waals surface area (Å²) in [5.74, 6) is -2.76. The minimum absolute atomic E-state index is 0.131. The zero-order chi connectivity index (χ0) is 21.7. The van der Waals surface area contributed by atoms with Gasteiger partial charge in [-0.3, -0.25) is 9.80 Å². The van der Waals surface area contributed by atoms with E-state index in [1.54, 1.807) is 0 Å². The van der Waals surface area contributed by atoms with E-state index in [1.165, 1.54) is 5.56 Å². The molecule has 1 fully saturated rings. The van der Waals surface area contributed by atoms with E-state index in [9.17, 15) is 18.0 Å². The van der Waals surface area contributed by atoms with Crippen molar-refractivity contribution in [3.05, 3.63) is 35.9 Å². The molecular formula is C18H28F3N5O3. The van der Waals surface area contributed by atoms with Crippen molar-refractivity contribution in [3.63, 3.8) is 0 Å². The van der Waals surface area contributed by atoms with Crippen molar-refractivity contribution in [2.24, 2.45) is 5.73 Å². The van der Waals surface area contributed by atoms with Crippen molar-refractivity contribution in [3.8, 4) is 0 Å². The van der Waals surface area contributed by atoms with Gasteiger partial charge in [-0.2, -0.15) is 13.2 Å². The number of carboxylic acids is 1. The Bertz CT molecular complexity index is 609. The monoisotopic (exact) mass is 419 g/mol. The van der Waals surface area contributed by atoms with Crippen molar-refractivity contribution < 1.29 is 27.9 Å². The molecule has 1 aromatic rings. The Labute approximate surface area is 167 Å². The van der Waals surface area contributed by atoms with E-state index >= 15 is 0 Å². The molecule has 0 bridgehead atoms. The Morgan fingerprint density at radius 1 is 1.00 bits per heavy atom. The van der Waals surface area contributed by atoms with E-state index in [-0.39, 0.29) is 6.03 Å². The summed E-state index contributed by atoms with van der Waals surface area (Å²) in [7, 11) is 0. The van der Waals surface area contributed by atoms with Gasteiger partial charge < -0.3 is 21.5 Å². The number of benzene rings is 1. The third kappa shape index (κ3) is 11.3. The Balaban J connectivity index is 0.000000516. The summed E-state index contributed by atoms with van der Waals surface area (Å²) in [5.41, 5.74) is 6.70. The standard InChI is InChI=1S/C16H27N5O.C2HF3O2/c17-6-7-18-16(22)19-8-9-20-10-12-21(13-11-20)14-15-4-2-1-3-5-15;3-2(4,5)1(6)7/h1-5H,6-14,17H2,(H2,18,19,22);(H,6,7). The van der Waals surface area contributed by atoms with E-state index in [1.807, 2.05) is 0 Å². The summed E-state index contributed by atoms with van der Waals surface area (Å²) in [6.07, 6.45) is -5.08. The summed E-state index contributed by atoms with van der Waals surface area (Å²) in [5, 5.41) is 12.7. The molecule has 29 heavy (non-hydrogen) atoms. The molecule has 5 N–H and O–H groups in total. The highest BCUT2D eigenvalue weighted by Gasteiger charge is 2.38. The van der Waals surface area contributed by atoms with Crippen LogP contribution in [0.3, 0.4) is 0 Å². The molecule has 0 saturated carbocycles. The summed E-state index contributed by atoms with van der Waals surface area (Å²) in [4.78, 5) is 25.2. The maximum absolute atomic E-state index is 11.4. The highest BCUT2D eigenvalue weighted by molar-refractivity contribution is 5.73. The number of piperazine rings is 1. The first-order valence-electron chi connectivity index (χ1n) is 9.23. The first-order chi connectivity index (χ1) is 13.7. The minimum atomic E-state index is -5.08. The van der Waals surface area contributed by atoms with Gasteiger partial charge in [-0.25, -0.2) is 9.59 Å². The SMILES string of the molecule is NCCNC(=O)NCCN1CCN(Cc2ccccc2)CC1.O=C(O)C(F)(F)F. The zero-order valence-electron chi connectivity index (χ0n) is 16.1. The number of aliphatic carboxylic acids is 1. The molecule has 11 heteroatoms. The van der Waals surface area contributed by atoms with Crippen molar-refractivity contribution in [2.75, 3.05) is 52.4 Å². The third-order valence-electron chi connectivity index (χ3n) is 4.10. The van der Waals surface area contributed by atoms with E-state index in [2.05, 4.69) is 50.8 Å². The highest BCUT2D eigenvalue weighted by Crippen LogP contribution is 2.13. The number of halogens is 3. The first-order valence-corrected chi connectivity index (χ1v) is 9.23. The summed E-state index contributed by atoms with van der Waals surface area (Å²) >= 11 is 0. The Kier molecular flexibility index (Phi) is 11.0. The van der Waals surface area contributed by atoms with E-state index in [0.717, 1.165) is 39.3 Å². The second-order valence-electron chi connectivity index (χ2n) is 6.38. The van der Waals surface area contributed by atoms with Crippen LogP contribution in [0.1, 0.15) is 5.56 Å². The number of rotatable bonds is 7. The van der Waals surface area contributed by atoms with Crippen LogP contribution in [0.4, 0.5) is 18.0 Å². The Morgan fingerprint density at radius 2 is 1.52 bits per heavy atom. The van der Waals surface area contributed by atoms with Gasteiger partial charge in [0.25, 0.3) is 0 Å². The number of hydrogen-bond donors (Lipinski definition) is 4. The number of carboxylic acid groups (broad SMARTS) is 1. The van der Waals surface area contributed by atoms with Crippen molar-refractivity contribution in [1.29, 1.82) is 0 Å². The number of amides is 2. The summed E-state index contributed by atoms with van der Waals surface area (Å²) < 4.78 is 31.7. The lowest BCUT2D eigenvalue weighted by Crippen LogP contribution is -2.48. The molecule has 0 aromatic heterocycles. The van der Waals surface area contributed by atoms with Gasteiger partial charge in [-0.05, 0) is 5.56 Å². The fourth-order valence-corrected chi connectivity index (χ4v) is 2.59. The molecule has 0 spiro atoms. The molecule has 164 valence electrons. The van der Waals surface area contributed by atoms with Crippen molar-refractivity contribution >= 4 is 12.0 Å². The quantitative estimate of drug-likeness (QED) is 0.518. The van der Waals surface area contributed by atoms with Gasteiger partial charge in [0.15, 0.2) is 0 Å². The number of nitrogens with zero attached hydrogens (tertiary/aromatic N) is 2. The average molecular weight is 419 g/mol. The van der Waals surface area contributed by atoms with E-state index in [0.29, 0.717) is 19.6 Å². The number of carbonyl (C=O) groups is 2. The number of nitrogens with two attached hydrogens (primary N) is 1. The number of alkyl halides is 3. The zero-order valence-corrected chi connectivity index (χ0v) is 16.1. The predicted octanol–water partition coefficient (Wildman–Crippen LogP) is 0.695. The molecule has 0 radical (unpaired) electrons. The van der Waals surface area contributed by atoms with Gasteiger partial charge in [0.05, 0.1) is 0 Å². The third-order valence-corrected chi connectivity index (χ3v) is 4.10. The molecule has 1 aliphatic heterocycles. The van der Waals surface area contributed by atoms with Crippen LogP contribution in [0.5, 0.6) is 0 Å². The van der Waals surface area contributed by atoms with Crippen LogP contribution in [0.2, 0.25) is 0 Å². The lowest BCUT2D eigenvalue weighted by Gasteiger charge is -2.34. The number of nitrogens with one attached hydrogen (secondary N) is 2. The molecule has 0 atom stereocenters. The van der Waals surface area contributed by atoms with Gasteiger partial charge in [0, 0.05) is 58.9 Å². The predicted molar refractivity (Wildman–Crippen MR) is 102 cm³/mol. The second kappa shape index (κ2) is 13.0. The fraction of sp³-hybridized carbons (Fsp3) is 0.556. The van der Waals surface area contributed by atoms with Crippen LogP contribution < -0.4 is 16.4 Å². The molecule has 8 nitrogen and oxygen atoms in total. The topological polar surface area (TPSA) is 111 Å². The molecule has 2 rings (SSSR count). The van der Waals surface area contributed by atoms with Crippen molar-refractivity contribution in [2.45, 2.75) is 12.7 Å². The van der Waals surface area contributed by atoms with Gasteiger partial charge in [-0.15, -0.1) is 0 Å². The van der Waals surface area contributed by atoms with Gasteiger partial charge in [0.1, 0.15) is 0 Å². The van der Waals surface area contributed by atoms with E-state index < -0.39 is 12.1 Å². The fourth-order valence-electron chi connectivity index (χ4n) is 2.59. The Morgan fingerprint density at radius 3 is 2.03 bits per heavy atom. The van der Waals surface area contributed by atoms with Crippen LogP contribution in [-0.4, -0.2) is 85.4 Å². The van der Waals surface area contributed by atoms with E-state index in [4.69, 9.17) is 15.6 Å². The molecule has 1 saturated heterocycles. The lowest BCUT2D eigenvalue weighted by molar-refractivity contribution is -0.192. The largest absolute Gasteiger partial charge is 0.490 e. The summed E-state index contributed by atoms with van der Waals surface area (Å²) in [6.45, 7) is 7.85. The average Bonchev–Trinajstić information content (AvgIpc) is 2.68. The van der Waals surface area contributed by atoms with Crippen LogP contribution >= 0.6 is 0 Å². The van der Waals surface area contributed by atoms with Gasteiger partial charge in [-0.1, -0.05) is 30.3 Å². The van der Waals surface area contributed by atoms with Gasteiger partial charge in [0.2, 0.25) is 0 Å². The second-order valence-corrected chi connectivity index (χ2v) is 6.38. The lowest BCUT2D eigenvalue weighted by atomic mass is 10.2. The minimum Gasteiger partial charge on any atom is -0.475 e. The molecule has 0 aliphatic carbocycles. The van der Waals surface area contributed by atoms with Crippen LogP contribution in [0.25, 0.3) is 0 Å². The molecule has 1 heterocycles. The highest BCUT2D eigenvalue weighted by atomic mass is 19.4. The number of urea groups is 1. The van der Waals surface area contributed by atoms with Crippen LogP contribution in [0, 0.1) is 0 Å². The molecule has 2 amide bonds. The van der Waals surface area contributed by atoms with Crippen LogP contribution in [0.15, 0.2) is 30.3 Å². The smallest absolute Gasteiger partial charge is 0.475 e. The summed E-state index contributed by atoms with van der Waals surface area (Å²) in [6, 6.07) is 10.5. The molecule has 1 aliphatic rings. The molecule has 0 unspecified atom stereocenters. The maximum atomic E-state index is 11.4. The number of hydrogen-bond acceptors (Lipinski definition) is 5. The number of carbonyl (C=O) groups excluding carboxylic acids is 1. The molecule has 1 aromatic carbocycles. The first kappa shape index (κ1) is 24.7. The molecular weight excluding hydrogens is 391 g/mol. The van der Waals surface area contributed by atoms with Gasteiger partial charge >= 0.3 is 18.2 Å².